The summed E-state index contributed by atoms with van der Waals surface area (Å²) in [4.78, 5) is 53.6. The first-order chi connectivity index (χ1) is 19.0. The van der Waals surface area contributed by atoms with E-state index in [4.69, 9.17) is 15.6 Å². The minimum absolute atomic E-state index is 0.0253. The lowest BCUT2D eigenvalue weighted by molar-refractivity contribution is -0.385. The number of carboxylic acids is 2. The van der Waals surface area contributed by atoms with Crippen LogP contribution in [0.1, 0.15) is 23.1 Å². The molecule has 0 aliphatic carbocycles. The molecule has 0 fully saturated rings. The first kappa shape index (κ1) is 31.1. The summed E-state index contributed by atoms with van der Waals surface area (Å²) < 4.78 is 5.11. The third-order valence-electron chi connectivity index (χ3n) is 5.55. The van der Waals surface area contributed by atoms with E-state index >= 15 is 0 Å². The average molecular weight is 554 g/mol. The topological polar surface area (TPSA) is 213 Å². The van der Waals surface area contributed by atoms with Crippen molar-refractivity contribution in [3.8, 4) is 0 Å². The fraction of sp³-hybridized carbons (Fsp3) is 0.222. The van der Waals surface area contributed by atoms with Crippen LogP contribution in [0.15, 0.2) is 78.9 Å². The monoisotopic (exact) mass is 553 g/mol. The van der Waals surface area contributed by atoms with Crippen molar-refractivity contribution in [2.75, 3.05) is 0 Å². The zero-order valence-electron chi connectivity index (χ0n) is 21.1. The van der Waals surface area contributed by atoms with E-state index in [-0.39, 0.29) is 37.2 Å². The molecule has 0 bridgehead atoms. The highest BCUT2D eigenvalue weighted by Gasteiger charge is 2.23. The largest absolute Gasteiger partial charge is 0.481 e. The maximum atomic E-state index is 11.9. The number of nitrogens with zero attached hydrogens (tertiary/aromatic N) is 2. The minimum Gasteiger partial charge on any atom is -0.481 e. The molecule has 3 rings (SSSR count). The van der Waals surface area contributed by atoms with Crippen LogP contribution in [0.5, 0.6) is 0 Å². The van der Waals surface area contributed by atoms with Crippen LogP contribution in [0.4, 0.5) is 11.4 Å². The number of rotatable bonds is 12. The van der Waals surface area contributed by atoms with Crippen LogP contribution in [-0.4, -0.2) is 44.0 Å². The van der Waals surface area contributed by atoms with E-state index in [9.17, 15) is 39.7 Å². The standard InChI is InChI=1S/C18H17NO6.C9H10N2O4/c20-17(25-12-14-4-2-1-3-5-14)11-15(18(21)22)10-13-6-8-16(9-7-13)19(23)24;10-8(9(12)13)5-6-1-3-7(4-2-6)11(14)15/h1-9,15H,10-12H2,(H,21,22);1-4,8H,5,10H2,(H,12,13)/t15-;8-/m10/s1. The van der Waals surface area contributed by atoms with Gasteiger partial charge in [0.05, 0.1) is 22.2 Å². The normalized spacial score (nSPS) is 11.7. The van der Waals surface area contributed by atoms with Crippen molar-refractivity contribution >= 4 is 29.3 Å². The molecular weight excluding hydrogens is 526 g/mol. The van der Waals surface area contributed by atoms with Gasteiger partial charge in [-0.25, -0.2) is 0 Å². The lowest BCUT2D eigenvalue weighted by Gasteiger charge is -2.12. The maximum absolute atomic E-state index is 11.9. The Kier molecular flexibility index (Phi) is 11.9. The van der Waals surface area contributed by atoms with Gasteiger partial charge >= 0.3 is 17.9 Å². The van der Waals surface area contributed by atoms with Crippen molar-refractivity contribution in [2.24, 2.45) is 11.7 Å². The Bertz CT molecular complexity index is 1310. The molecule has 0 radical (unpaired) electrons. The van der Waals surface area contributed by atoms with E-state index in [2.05, 4.69) is 0 Å². The number of nitrogens with two attached hydrogens (primary N) is 1. The number of aliphatic carboxylic acids is 2. The van der Waals surface area contributed by atoms with Crippen molar-refractivity contribution in [1.82, 2.24) is 0 Å². The second kappa shape index (κ2) is 15.3. The number of hydrogen-bond donors (Lipinski definition) is 3. The first-order valence-electron chi connectivity index (χ1n) is 11.8. The molecule has 0 unspecified atom stereocenters. The summed E-state index contributed by atoms with van der Waals surface area (Å²) in [5, 5.41) is 38.8. The van der Waals surface area contributed by atoms with Crippen molar-refractivity contribution in [2.45, 2.75) is 31.9 Å². The number of carboxylic acid groups (broad SMARTS) is 2. The van der Waals surface area contributed by atoms with Gasteiger partial charge in [0.15, 0.2) is 0 Å². The fourth-order valence-corrected chi connectivity index (χ4v) is 3.38. The van der Waals surface area contributed by atoms with Gasteiger partial charge in [0, 0.05) is 24.3 Å². The number of nitro groups is 2. The van der Waals surface area contributed by atoms with Crippen molar-refractivity contribution < 1.29 is 39.2 Å². The summed E-state index contributed by atoms with van der Waals surface area (Å²) in [5.74, 6) is -3.76. The Labute approximate surface area is 228 Å². The molecule has 0 amide bonds. The first-order valence-corrected chi connectivity index (χ1v) is 11.8. The molecule has 0 saturated carbocycles. The molecule has 0 aliphatic rings. The highest BCUT2D eigenvalue weighted by Crippen LogP contribution is 2.18. The van der Waals surface area contributed by atoms with Crippen LogP contribution >= 0.6 is 0 Å². The van der Waals surface area contributed by atoms with Crippen LogP contribution in [-0.2, 0) is 38.6 Å². The van der Waals surface area contributed by atoms with Gasteiger partial charge in [-0.15, -0.1) is 0 Å². The van der Waals surface area contributed by atoms with Gasteiger partial charge in [0.2, 0.25) is 0 Å². The van der Waals surface area contributed by atoms with Crippen LogP contribution in [0.2, 0.25) is 0 Å². The van der Waals surface area contributed by atoms with E-state index in [0.29, 0.717) is 11.1 Å². The summed E-state index contributed by atoms with van der Waals surface area (Å²) >= 11 is 0. The zero-order chi connectivity index (χ0) is 29.7. The number of carbonyl (C=O) groups is 3. The molecule has 0 aromatic heterocycles. The molecule has 3 aromatic rings. The number of carbonyl (C=O) groups excluding carboxylic acids is 1. The molecule has 0 aliphatic heterocycles. The van der Waals surface area contributed by atoms with Crippen LogP contribution < -0.4 is 5.73 Å². The molecule has 210 valence electrons. The molecule has 3 aromatic carbocycles. The Hall–Kier alpha value is -5.17. The quantitative estimate of drug-likeness (QED) is 0.168. The van der Waals surface area contributed by atoms with Crippen LogP contribution in [0, 0.1) is 26.1 Å². The SMILES string of the molecule is N[C@@H](Cc1ccc([N+](=O)[O-])cc1)C(=O)O.O=C(C[C@@H](Cc1ccc([N+](=O)[O-])cc1)C(=O)O)OCc1ccccc1. The molecule has 13 heteroatoms. The molecular formula is C27H27N3O10. The van der Waals surface area contributed by atoms with Crippen LogP contribution in [0.25, 0.3) is 0 Å². The van der Waals surface area contributed by atoms with E-state index in [1.807, 2.05) is 18.2 Å². The average Bonchev–Trinajstić information content (AvgIpc) is 2.93. The minimum atomic E-state index is -1.12. The van der Waals surface area contributed by atoms with Gasteiger partial charge in [0.25, 0.3) is 11.4 Å². The summed E-state index contributed by atoms with van der Waals surface area (Å²) in [6, 6.07) is 19.3. The molecule has 0 spiro atoms. The van der Waals surface area contributed by atoms with Crippen LogP contribution in [0.3, 0.4) is 0 Å². The van der Waals surface area contributed by atoms with Crippen molar-refractivity contribution in [3.05, 3.63) is 116 Å². The Morgan fingerprint density at radius 1 is 0.725 bits per heavy atom. The van der Waals surface area contributed by atoms with Gasteiger partial charge in [-0.05, 0) is 29.5 Å². The Morgan fingerprint density at radius 3 is 1.62 bits per heavy atom. The smallest absolute Gasteiger partial charge is 0.320 e. The van der Waals surface area contributed by atoms with E-state index in [0.717, 1.165) is 5.56 Å². The number of ether oxygens (including phenoxy) is 1. The molecule has 0 heterocycles. The summed E-state index contributed by atoms with van der Waals surface area (Å²) in [6.07, 6.45) is -0.0136. The van der Waals surface area contributed by atoms with Crippen molar-refractivity contribution in [1.29, 1.82) is 0 Å². The molecule has 4 N–H and O–H groups in total. The third kappa shape index (κ3) is 10.7. The van der Waals surface area contributed by atoms with E-state index in [1.165, 1.54) is 48.5 Å². The third-order valence-corrected chi connectivity index (χ3v) is 5.55. The highest BCUT2D eigenvalue weighted by atomic mass is 16.6. The molecule has 13 nitrogen and oxygen atoms in total. The summed E-state index contributed by atoms with van der Waals surface area (Å²) in [6.45, 7) is 0.0868. The number of benzene rings is 3. The van der Waals surface area contributed by atoms with Gasteiger partial charge in [0.1, 0.15) is 12.6 Å². The van der Waals surface area contributed by atoms with E-state index < -0.39 is 39.7 Å². The van der Waals surface area contributed by atoms with E-state index in [1.54, 1.807) is 12.1 Å². The second-order valence-electron chi connectivity index (χ2n) is 8.59. The fourth-order valence-electron chi connectivity index (χ4n) is 3.38. The van der Waals surface area contributed by atoms with Gasteiger partial charge in [-0.2, -0.15) is 0 Å². The molecule has 0 saturated heterocycles. The number of non-ortho nitro benzene ring substituents is 2. The number of nitro benzene ring substituents is 2. The highest BCUT2D eigenvalue weighted by molar-refractivity contribution is 5.79. The Balaban J connectivity index is 0.000000319. The zero-order valence-corrected chi connectivity index (χ0v) is 21.1. The maximum Gasteiger partial charge on any atom is 0.320 e. The predicted octanol–water partition coefficient (Wildman–Crippen LogP) is 3.52. The number of esters is 1. The lowest BCUT2D eigenvalue weighted by Crippen LogP contribution is -2.32. The Morgan fingerprint density at radius 2 is 1.20 bits per heavy atom. The lowest BCUT2D eigenvalue weighted by atomic mass is 9.96. The number of hydrogen-bond acceptors (Lipinski definition) is 9. The molecule has 40 heavy (non-hydrogen) atoms. The van der Waals surface area contributed by atoms with Gasteiger partial charge in [-0.3, -0.25) is 34.6 Å². The summed E-state index contributed by atoms with van der Waals surface area (Å²) in [7, 11) is 0. The predicted molar refractivity (Wildman–Crippen MR) is 141 cm³/mol. The van der Waals surface area contributed by atoms with Gasteiger partial charge in [-0.1, -0.05) is 54.6 Å². The second-order valence-corrected chi connectivity index (χ2v) is 8.59. The molecule has 2 atom stereocenters. The summed E-state index contributed by atoms with van der Waals surface area (Å²) in [5.41, 5.74) is 7.30. The van der Waals surface area contributed by atoms with Crippen molar-refractivity contribution in [3.63, 3.8) is 0 Å². The van der Waals surface area contributed by atoms with Gasteiger partial charge < -0.3 is 20.7 Å².